The maximum Gasteiger partial charge on any atom is 0.274 e. The van der Waals surface area contributed by atoms with Crippen molar-refractivity contribution in [2.24, 2.45) is 0 Å². The fourth-order valence-corrected chi connectivity index (χ4v) is 2.77. The molecule has 0 bridgehead atoms. The van der Waals surface area contributed by atoms with Crippen LogP contribution in [0.5, 0.6) is 5.75 Å². The van der Waals surface area contributed by atoms with Crippen LogP contribution in [0.3, 0.4) is 0 Å². The summed E-state index contributed by atoms with van der Waals surface area (Å²) in [4.78, 5) is 21.2. The Morgan fingerprint density at radius 1 is 1.03 bits per heavy atom. The molecule has 6 heteroatoms. The summed E-state index contributed by atoms with van der Waals surface area (Å²) in [5, 5.41) is 5.99. The quantitative estimate of drug-likeness (QED) is 0.607. The fourth-order valence-electron chi connectivity index (χ4n) is 2.77. The zero-order valence-electron chi connectivity index (χ0n) is 17.2. The number of carbonyl (C=O) groups is 1. The van der Waals surface area contributed by atoms with Crippen molar-refractivity contribution in [3.8, 4) is 5.75 Å². The molecule has 1 aromatic heterocycles. The molecular weight excluding hydrogens is 364 g/mol. The van der Waals surface area contributed by atoms with Crippen LogP contribution in [-0.2, 0) is 5.41 Å². The van der Waals surface area contributed by atoms with Gasteiger partial charge in [-0.05, 0) is 48.2 Å². The molecule has 0 fully saturated rings. The molecule has 2 N–H and O–H groups in total. The molecule has 1 heterocycles. The number of rotatable bonds is 6. The Labute approximate surface area is 171 Å². The maximum absolute atomic E-state index is 12.6. The van der Waals surface area contributed by atoms with Crippen LogP contribution < -0.4 is 15.4 Å². The molecule has 6 nitrogen and oxygen atoms in total. The van der Waals surface area contributed by atoms with E-state index in [4.69, 9.17) is 4.74 Å². The first-order valence-corrected chi connectivity index (χ1v) is 9.60. The topological polar surface area (TPSA) is 76.1 Å². The summed E-state index contributed by atoms with van der Waals surface area (Å²) >= 11 is 0. The predicted molar refractivity (Wildman–Crippen MR) is 116 cm³/mol. The minimum absolute atomic E-state index is 0.0630. The first-order chi connectivity index (χ1) is 13.9. The van der Waals surface area contributed by atoms with Crippen LogP contribution in [0.2, 0.25) is 0 Å². The molecule has 0 spiro atoms. The monoisotopic (exact) mass is 390 g/mol. The number of anilines is 3. The van der Waals surface area contributed by atoms with Gasteiger partial charge in [0.05, 0.1) is 12.3 Å². The zero-order valence-corrected chi connectivity index (χ0v) is 17.2. The lowest BCUT2D eigenvalue weighted by Gasteiger charge is -2.19. The Balaban J connectivity index is 1.73. The third-order valence-corrected chi connectivity index (χ3v) is 4.33. The van der Waals surface area contributed by atoms with E-state index in [0.29, 0.717) is 18.3 Å². The normalized spacial score (nSPS) is 11.0. The molecule has 0 aliphatic rings. The highest BCUT2D eigenvalue weighted by atomic mass is 16.5. The molecule has 0 saturated heterocycles. The second-order valence-corrected chi connectivity index (χ2v) is 7.60. The van der Waals surface area contributed by atoms with Crippen molar-refractivity contribution in [1.82, 2.24) is 9.97 Å². The molecule has 2 aromatic carbocycles. The van der Waals surface area contributed by atoms with Crippen LogP contribution in [0.15, 0.2) is 60.8 Å². The molecule has 150 valence electrons. The summed E-state index contributed by atoms with van der Waals surface area (Å²) in [6.07, 6.45) is 1.55. The molecule has 0 aliphatic carbocycles. The lowest BCUT2D eigenvalue weighted by molar-refractivity contribution is 0.102. The van der Waals surface area contributed by atoms with Gasteiger partial charge in [0.25, 0.3) is 5.91 Å². The van der Waals surface area contributed by atoms with Gasteiger partial charge >= 0.3 is 0 Å². The first kappa shape index (κ1) is 20.3. The maximum atomic E-state index is 12.6. The highest BCUT2D eigenvalue weighted by Crippen LogP contribution is 2.26. The lowest BCUT2D eigenvalue weighted by atomic mass is 9.87. The van der Waals surface area contributed by atoms with Crippen molar-refractivity contribution in [3.63, 3.8) is 0 Å². The highest BCUT2D eigenvalue weighted by molar-refractivity contribution is 6.03. The van der Waals surface area contributed by atoms with Crippen molar-refractivity contribution in [3.05, 3.63) is 72.1 Å². The second kappa shape index (κ2) is 8.73. The van der Waals surface area contributed by atoms with Crippen molar-refractivity contribution >= 4 is 23.2 Å². The minimum atomic E-state index is -0.294. The van der Waals surface area contributed by atoms with Gasteiger partial charge in [0, 0.05) is 11.9 Å². The lowest BCUT2D eigenvalue weighted by Crippen LogP contribution is -2.15. The summed E-state index contributed by atoms with van der Waals surface area (Å²) in [7, 11) is 0. The van der Waals surface area contributed by atoms with Gasteiger partial charge in [-0.1, -0.05) is 45.0 Å². The largest absolute Gasteiger partial charge is 0.492 e. The average molecular weight is 390 g/mol. The molecule has 1 amide bonds. The van der Waals surface area contributed by atoms with Gasteiger partial charge in [0.15, 0.2) is 0 Å². The molecule has 3 aromatic rings. The number of hydrogen-bond acceptors (Lipinski definition) is 5. The summed E-state index contributed by atoms with van der Waals surface area (Å²) in [5.74, 6) is 0.734. The standard InChI is InChI=1S/C23H26N4O2/c1-5-29-20-9-7-6-8-18(20)26-22-24-15-14-19(27-22)21(28)25-17-12-10-16(11-13-17)23(2,3)4/h6-15H,5H2,1-4H3,(H,25,28)(H,24,26,27). The SMILES string of the molecule is CCOc1ccccc1Nc1nccc(C(=O)Nc2ccc(C(C)(C)C)cc2)n1. The molecular formula is C23H26N4O2. The first-order valence-electron chi connectivity index (χ1n) is 9.60. The Bertz CT molecular complexity index is 979. The smallest absolute Gasteiger partial charge is 0.274 e. The van der Waals surface area contributed by atoms with E-state index >= 15 is 0 Å². The summed E-state index contributed by atoms with van der Waals surface area (Å²) < 4.78 is 5.60. The van der Waals surface area contributed by atoms with E-state index in [1.165, 1.54) is 5.56 Å². The number of para-hydroxylation sites is 2. The Morgan fingerprint density at radius 3 is 2.45 bits per heavy atom. The number of nitrogens with zero attached hydrogens (tertiary/aromatic N) is 2. The van der Waals surface area contributed by atoms with Crippen LogP contribution >= 0.6 is 0 Å². The van der Waals surface area contributed by atoms with E-state index in [9.17, 15) is 4.79 Å². The van der Waals surface area contributed by atoms with Gasteiger partial charge in [0.1, 0.15) is 11.4 Å². The van der Waals surface area contributed by atoms with E-state index < -0.39 is 0 Å². The number of amides is 1. The summed E-state index contributed by atoms with van der Waals surface area (Å²) in [5.41, 5.74) is 3.00. The molecule has 0 atom stereocenters. The highest BCUT2D eigenvalue weighted by Gasteiger charge is 2.14. The van der Waals surface area contributed by atoms with Crippen LogP contribution in [-0.4, -0.2) is 22.5 Å². The second-order valence-electron chi connectivity index (χ2n) is 7.60. The van der Waals surface area contributed by atoms with Gasteiger partial charge in [0.2, 0.25) is 5.95 Å². The van der Waals surface area contributed by atoms with Crippen molar-refractivity contribution in [1.29, 1.82) is 0 Å². The van der Waals surface area contributed by atoms with Crippen LogP contribution in [0, 0.1) is 0 Å². The Hall–Kier alpha value is -3.41. The van der Waals surface area contributed by atoms with Gasteiger partial charge in [-0.2, -0.15) is 0 Å². The summed E-state index contributed by atoms with van der Waals surface area (Å²) in [6, 6.07) is 16.9. The predicted octanol–water partition coefficient (Wildman–Crippen LogP) is 5.17. The van der Waals surface area contributed by atoms with E-state index in [1.807, 2.05) is 55.5 Å². The molecule has 0 unspecified atom stereocenters. The van der Waals surface area contributed by atoms with E-state index in [0.717, 1.165) is 11.4 Å². The van der Waals surface area contributed by atoms with E-state index in [-0.39, 0.29) is 17.0 Å². The average Bonchev–Trinajstić information content (AvgIpc) is 2.70. The number of hydrogen-bond donors (Lipinski definition) is 2. The van der Waals surface area contributed by atoms with Crippen LogP contribution in [0.25, 0.3) is 0 Å². The van der Waals surface area contributed by atoms with Crippen LogP contribution in [0.4, 0.5) is 17.3 Å². The number of benzene rings is 2. The third-order valence-electron chi connectivity index (χ3n) is 4.33. The molecule has 0 radical (unpaired) electrons. The van der Waals surface area contributed by atoms with Gasteiger partial charge in [-0.3, -0.25) is 4.79 Å². The number of aromatic nitrogens is 2. The third kappa shape index (κ3) is 5.31. The molecule has 0 aliphatic heterocycles. The van der Waals surface area contributed by atoms with Crippen molar-refractivity contribution in [2.75, 3.05) is 17.2 Å². The van der Waals surface area contributed by atoms with Gasteiger partial charge in [-0.25, -0.2) is 9.97 Å². The number of carbonyl (C=O) groups excluding carboxylic acids is 1. The summed E-state index contributed by atoms with van der Waals surface area (Å²) in [6.45, 7) is 8.93. The molecule has 0 saturated carbocycles. The van der Waals surface area contributed by atoms with E-state index in [2.05, 4.69) is 41.4 Å². The molecule has 3 rings (SSSR count). The minimum Gasteiger partial charge on any atom is -0.492 e. The van der Waals surface area contributed by atoms with Crippen LogP contribution in [0.1, 0.15) is 43.7 Å². The number of nitrogens with one attached hydrogen (secondary N) is 2. The zero-order chi connectivity index (χ0) is 20.9. The van der Waals surface area contributed by atoms with Crippen molar-refractivity contribution < 1.29 is 9.53 Å². The Kier molecular flexibility index (Phi) is 6.12. The van der Waals surface area contributed by atoms with Gasteiger partial charge in [-0.15, -0.1) is 0 Å². The number of ether oxygens (including phenoxy) is 1. The van der Waals surface area contributed by atoms with E-state index in [1.54, 1.807) is 12.3 Å². The fraction of sp³-hybridized carbons (Fsp3) is 0.261. The van der Waals surface area contributed by atoms with Gasteiger partial charge < -0.3 is 15.4 Å². The molecule has 29 heavy (non-hydrogen) atoms. The van der Waals surface area contributed by atoms with Crippen molar-refractivity contribution in [2.45, 2.75) is 33.1 Å². The Morgan fingerprint density at radius 2 is 1.76 bits per heavy atom.